The van der Waals surface area contributed by atoms with Crippen molar-refractivity contribution in [2.45, 2.75) is 37.8 Å². The molecule has 1 aromatic rings. The molecular formula is C16H25NO3. The van der Waals surface area contributed by atoms with Gasteiger partial charge < -0.3 is 14.9 Å². The normalized spacial score (nSPS) is 21.6. The predicted octanol–water partition coefficient (Wildman–Crippen LogP) is 1.66. The number of β-amino-alcohol motifs (C(OH)–C–C–N with tert-alkyl or cyclic N) is 1. The van der Waals surface area contributed by atoms with Crippen LogP contribution >= 0.6 is 0 Å². The summed E-state index contributed by atoms with van der Waals surface area (Å²) in [5, 5.41) is 19.2. The summed E-state index contributed by atoms with van der Waals surface area (Å²) >= 11 is 0. The van der Waals surface area contributed by atoms with Gasteiger partial charge in [-0.3, -0.25) is 4.90 Å². The zero-order chi connectivity index (χ0) is 14.2. The highest BCUT2D eigenvalue weighted by Crippen LogP contribution is 2.19. The van der Waals surface area contributed by atoms with Crippen molar-refractivity contribution in [3.05, 3.63) is 30.3 Å². The lowest BCUT2D eigenvalue weighted by Gasteiger charge is -2.36. The first kappa shape index (κ1) is 15.3. The highest BCUT2D eigenvalue weighted by Gasteiger charge is 2.23. The van der Waals surface area contributed by atoms with E-state index in [0.29, 0.717) is 19.2 Å². The van der Waals surface area contributed by atoms with Gasteiger partial charge in [-0.05, 0) is 37.9 Å². The number of ether oxygens (including phenoxy) is 1. The van der Waals surface area contributed by atoms with Crippen LogP contribution in [0.2, 0.25) is 0 Å². The predicted molar refractivity (Wildman–Crippen MR) is 78.9 cm³/mol. The Kier molecular flexibility index (Phi) is 6.30. The number of piperidine rings is 1. The average molecular weight is 279 g/mol. The van der Waals surface area contributed by atoms with Gasteiger partial charge in [0.2, 0.25) is 0 Å². The first-order chi connectivity index (χ1) is 9.79. The highest BCUT2D eigenvalue weighted by molar-refractivity contribution is 5.20. The quantitative estimate of drug-likeness (QED) is 0.797. The fourth-order valence-corrected chi connectivity index (χ4v) is 2.81. The standard InChI is InChI=1S/C16H25NO3/c18-11-9-14-6-4-5-10-17(14)12-15(19)13-20-16-7-2-1-3-8-16/h1-3,7-8,14-15,18-19H,4-6,9-13H2. The Labute approximate surface area is 121 Å². The molecule has 0 radical (unpaired) electrons. The number of benzene rings is 1. The largest absolute Gasteiger partial charge is 0.491 e. The molecule has 0 spiro atoms. The molecule has 1 aliphatic heterocycles. The van der Waals surface area contributed by atoms with E-state index in [1.165, 1.54) is 12.8 Å². The van der Waals surface area contributed by atoms with E-state index in [-0.39, 0.29) is 6.61 Å². The second-order valence-electron chi connectivity index (χ2n) is 5.43. The number of aliphatic hydroxyl groups is 2. The maximum absolute atomic E-state index is 10.1. The van der Waals surface area contributed by atoms with Gasteiger partial charge in [-0.1, -0.05) is 24.6 Å². The molecule has 1 heterocycles. The Balaban J connectivity index is 1.76. The Bertz CT molecular complexity index is 369. The second kappa shape index (κ2) is 8.25. The molecule has 112 valence electrons. The summed E-state index contributed by atoms with van der Waals surface area (Å²) in [5.74, 6) is 0.789. The molecule has 4 heteroatoms. The minimum atomic E-state index is -0.491. The van der Waals surface area contributed by atoms with Gasteiger partial charge >= 0.3 is 0 Å². The molecule has 2 N–H and O–H groups in total. The van der Waals surface area contributed by atoms with Crippen LogP contribution in [0.4, 0.5) is 0 Å². The molecule has 0 bridgehead atoms. The smallest absolute Gasteiger partial charge is 0.119 e. The van der Waals surface area contributed by atoms with Gasteiger partial charge in [-0.25, -0.2) is 0 Å². The molecule has 2 atom stereocenters. The van der Waals surface area contributed by atoms with Crippen LogP contribution < -0.4 is 4.74 Å². The average Bonchev–Trinajstić information content (AvgIpc) is 2.49. The third kappa shape index (κ3) is 4.78. The highest BCUT2D eigenvalue weighted by atomic mass is 16.5. The summed E-state index contributed by atoms with van der Waals surface area (Å²) in [7, 11) is 0. The SMILES string of the molecule is OCCC1CCCCN1CC(O)COc1ccccc1. The minimum absolute atomic E-state index is 0.220. The molecule has 4 nitrogen and oxygen atoms in total. The fourth-order valence-electron chi connectivity index (χ4n) is 2.81. The maximum Gasteiger partial charge on any atom is 0.119 e. The molecule has 0 aliphatic carbocycles. The molecule has 1 saturated heterocycles. The van der Waals surface area contributed by atoms with Crippen molar-refractivity contribution in [2.75, 3.05) is 26.3 Å². The molecular weight excluding hydrogens is 254 g/mol. The van der Waals surface area contributed by atoms with Crippen molar-refractivity contribution in [1.82, 2.24) is 4.90 Å². The van der Waals surface area contributed by atoms with E-state index in [0.717, 1.165) is 25.1 Å². The van der Waals surface area contributed by atoms with Crippen molar-refractivity contribution in [3.63, 3.8) is 0 Å². The number of hydrogen-bond acceptors (Lipinski definition) is 4. The van der Waals surface area contributed by atoms with Crippen LogP contribution in [-0.2, 0) is 0 Å². The number of rotatable bonds is 7. The Hall–Kier alpha value is -1.10. The summed E-state index contributed by atoms with van der Waals surface area (Å²) in [6, 6.07) is 9.97. The lowest BCUT2D eigenvalue weighted by Crippen LogP contribution is -2.45. The number of nitrogens with zero attached hydrogens (tertiary/aromatic N) is 1. The van der Waals surface area contributed by atoms with Gasteiger partial charge in [0.25, 0.3) is 0 Å². The van der Waals surface area contributed by atoms with Crippen molar-refractivity contribution in [1.29, 1.82) is 0 Å². The Morgan fingerprint density at radius 3 is 2.80 bits per heavy atom. The first-order valence-corrected chi connectivity index (χ1v) is 7.50. The molecule has 0 saturated carbocycles. The number of para-hydroxylation sites is 1. The topological polar surface area (TPSA) is 52.9 Å². The summed E-state index contributed by atoms with van der Waals surface area (Å²) in [5.41, 5.74) is 0. The lowest BCUT2D eigenvalue weighted by molar-refractivity contribution is 0.0332. The van der Waals surface area contributed by atoms with Crippen molar-refractivity contribution < 1.29 is 14.9 Å². The van der Waals surface area contributed by atoms with Crippen molar-refractivity contribution in [2.24, 2.45) is 0 Å². The van der Waals surface area contributed by atoms with Crippen molar-refractivity contribution in [3.8, 4) is 5.75 Å². The third-order valence-corrected chi connectivity index (χ3v) is 3.84. The van der Waals surface area contributed by atoms with E-state index in [2.05, 4.69) is 4.90 Å². The molecule has 0 amide bonds. The monoisotopic (exact) mass is 279 g/mol. The van der Waals surface area contributed by atoms with Crippen molar-refractivity contribution >= 4 is 0 Å². The second-order valence-corrected chi connectivity index (χ2v) is 5.43. The summed E-state index contributed by atoms with van der Waals surface area (Å²) < 4.78 is 5.58. The van der Waals surface area contributed by atoms with E-state index >= 15 is 0 Å². The van der Waals surface area contributed by atoms with E-state index in [4.69, 9.17) is 9.84 Å². The van der Waals surface area contributed by atoms with Crippen LogP contribution in [0, 0.1) is 0 Å². The number of hydrogen-bond donors (Lipinski definition) is 2. The van der Waals surface area contributed by atoms with Crippen LogP contribution in [0.5, 0.6) is 5.75 Å². The van der Waals surface area contributed by atoms with E-state index in [1.54, 1.807) is 0 Å². The van der Waals surface area contributed by atoms with Crippen LogP contribution in [0.1, 0.15) is 25.7 Å². The number of aliphatic hydroxyl groups excluding tert-OH is 2. The molecule has 20 heavy (non-hydrogen) atoms. The van der Waals surface area contributed by atoms with Gasteiger partial charge in [-0.15, -0.1) is 0 Å². The van der Waals surface area contributed by atoms with Crippen LogP contribution in [0.3, 0.4) is 0 Å². The summed E-state index contributed by atoms with van der Waals surface area (Å²) in [4.78, 5) is 2.29. The zero-order valence-corrected chi connectivity index (χ0v) is 11.9. The first-order valence-electron chi connectivity index (χ1n) is 7.50. The third-order valence-electron chi connectivity index (χ3n) is 3.84. The van der Waals surface area contributed by atoms with Gasteiger partial charge in [0.1, 0.15) is 18.5 Å². The molecule has 2 unspecified atom stereocenters. The molecule has 0 aromatic heterocycles. The maximum atomic E-state index is 10.1. The molecule has 2 rings (SSSR count). The zero-order valence-electron chi connectivity index (χ0n) is 11.9. The molecule has 1 aliphatic rings. The minimum Gasteiger partial charge on any atom is -0.491 e. The van der Waals surface area contributed by atoms with Gasteiger partial charge in [-0.2, -0.15) is 0 Å². The summed E-state index contributed by atoms with van der Waals surface area (Å²) in [6.45, 7) is 2.16. The Morgan fingerprint density at radius 2 is 2.05 bits per heavy atom. The van der Waals surface area contributed by atoms with Crippen LogP contribution in [0.25, 0.3) is 0 Å². The van der Waals surface area contributed by atoms with Gasteiger partial charge in [0.15, 0.2) is 0 Å². The van der Waals surface area contributed by atoms with Crippen LogP contribution in [-0.4, -0.2) is 53.6 Å². The summed E-state index contributed by atoms with van der Waals surface area (Å²) in [6.07, 6.45) is 3.82. The van der Waals surface area contributed by atoms with Crippen LogP contribution in [0.15, 0.2) is 30.3 Å². The lowest BCUT2D eigenvalue weighted by atomic mass is 9.99. The van der Waals surface area contributed by atoms with E-state index in [9.17, 15) is 5.11 Å². The van der Waals surface area contributed by atoms with Gasteiger partial charge in [0, 0.05) is 19.2 Å². The molecule has 1 fully saturated rings. The van der Waals surface area contributed by atoms with E-state index in [1.807, 2.05) is 30.3 Å². The molecule has 1 aromatic carbocycles. The Morgan fingerprint density at radius 1 is 1.25 bits per heavy atom. The van der Waals surface area contributed by atoms with E-state index < -0.39 is 6.10 Å². The number of likely N-dealkylation sites (tertiary alicyclic amines) is 1. The fraction of sp³-hybridized carbons (Fsp3) is 0.625. The van der Waals surface area contributed by atoms with Gasteiger partial charge in [0.05, 0.1) is 0 Å².